The summed E-state index contributed by atoms with van der Waals surface area (Å²) in [6, 6.07) is 7.58. The molecule has 3 nitrogen and oxygen atoms in total. The van der Waals surface area contributed by atoms with E-state index in [2.05, 4.69) is 31.2 Å². The van der Waals surface area contributed by atoms with E-state index in [0.29, 0.717) is 9.99 Å². The largest absolute Gasteiger partial charge is 0.416 e. The first-order chi connectivity index (χ1) is 10.3. The van der Waals surface area contributed by atoms with Gasteiger partial charge >= 0.3 is 6.18 Å². The fourth-order valence-corrected chi connectivity index (χ4v) is 2.30. The summed E-state index contributed by atoms with van der Waals surface area (Å²) >= 11 is 3.14. The van der Waals surface area contributed by atoms with Crippen LogP contribution in [0, 0.1) is 5.82 Å². The van der Waals surface area contributed by atoms with E-state index in [0.717, 1.165) is 12.1 Å². The van der Waals surface area contributed by atoms with Crippen LogP contribution >= 0.6 is 15.9 Å². The van der Waals surface area contributed by atoms with Gasteiger partial charge in [-0.15, -0.1) is 0 Å². The maximum absolute atomic E-state index is 13.7. The molecule has 0 aliphatic rings. The standard InChI is InChI=1S/C14H8BrF4N3/c15-8-2-4-10(9(16)6-8)20-13-21-11-3-1-7(14(17,18)19)5-12(11)22-13/h1-6H,(H2,20,21,22). The Morgan fingerprint density at radius 1 is 1.09 bits per heavy atom. The van der Waals surface area contributed by atoms with E-state index in [1.54, 1.807) is 6.07 Å². The van der Waals surface area contributed by atoms with Gasteiger partial charge in [0.25, 0.3) is 0 Å². The number of hydrogen-bond donors (Lipinski definition) is 2. The fraction of sp³-hybridized carbons (Fsp3) is 0.0714. The molecule has 0 radical (unpaired) electrons. The lowest BCUT2D eigenvalue weighted by Gasteiger charge is -2.05. The Labute approximate surface area is 130 Å². The molecule has 0 saturated carbocycles. The predicted octanol–water partition coefficient (Wildman–Crippen LogP) is 5.23. The van der Waals surface area contributed by atoms with E-state index in [4.69, 9.17) is 0 Å². The molecule has 0 saturated heterocycles. The van der Waals surface area contributed by atoms with Crippen LogP contribution in [-0.2, 0) is 6.18 Å². The van der Waals surface area contributed by atoms with E-state index >= 15 is 0 Å². The lowest BCUT2D eigenvalue weighted by atomic mass is 10.2. The van der Waals surface area contributed by atoms with Crippen LogP contribution in [0.3, 0.4) is 0 Å². The van der Waals surface area contributed by atoms with Crippen molar-refractivity contribution in [3.63, 3.8) is 0 Å². The molecule has 3 aromatic rings. The van der Waals surface area contributed by atoms with E-state index in [1.165, 1.54) is 18.2 Å². The molecule has 1 aromatic heterocycles. The van der Waals surface area contributed by atoms with Crippen molar-refractivity contribution in [2.75, 3.05) is 5.32 Å². The van der Waals surface area contributed by atoms with Crippen LogP contribution in [-0.4, -0.2) is 9.97 Å². The molecule has 8 heteroatoms. The molecule has 0 aliphatic heterocycles. The Bertz CT molecular complexity index is 842. The smallest absolute Gasteiger partial charge is 0.324 e. The molecule has 2 N–H and O–H groups in total. The molecule has 0 bridgehead atoms. The second-order valence-corrected chi connectivity index (χ2v) is 5.48. The van der Waals surface area contributed by atoms with Crippen molar-refractivity contribution < 1.29 is 17.6 Å². The molecule has 0 fully saturated rings. The highest BCUT2D eigenvalue weighted by atomic mass is 79.9. The van der Waals surface area contributed by atoms with Gasteiger partial charge in [-0.3, -0.25) is 0 Å². The number of nitrogens with zero attached hydrogens (tertiary/aromatic N) is 1. The van der Waals surface area contributed by atoms with Crippen molar-refractivity contribution in [2.24, 2.45) is 0 Å². The van der Waals surface area contributed by atoms with Gasteiger partial charge in [-0.05, 0) is 36.4 Å². The summed E-state index contributed by atoms with van der Waals surface area (Å²) in [5, 5.41) is 2.70. The molecule has 0 aliphatic carbocycles. The summed E-state index contributed by atoms with van der Waals surface area (Å²) < 4.78 is 52.3. The summed E-state index contributed by atoms with van der Waals surface area (Å²) in [6.07, 6.45) is -4.43. The van der Waals surface area contributed by atoms with Gasteiger partial charge in [0, 0.05) is 4.47 Å². The number of aromatic amines is 1. The second-order valence-electron chi connectivity index (χ2n) is 4.56. The molecule has 114 valence electrons. The number of alkyl halides is 3. The number of fused-ring (bicyclic) bond motifs is 1. The summed E-state index contributed by atoms with van der Waals surface area (Å²) in [6.45, 7) is 0. The lowest BCUT2D eigenvalue weighted by Crippen LogP contribution is -2.04. The SMILES string of the molecule is Fc1cc(Br)ccc1Nc1nc2ccc(C(F)(F)F)cc2[nH]1. The zero-order valence-corrected chi connectivity index (χ0v) is 12.4. The zero-order valence-electron chi connectivity index (χ0n) is 10.8. The number of benzene rings is 2. The Kier molecular flexibility index (Phi) is 3.56. The van der Waals surface area contributed by atoms with Crippen molar-refractivity contribution in [3.8, 4) is 0 Å². The Hall–Kier alpha value is -2.09. The topological polar surface area (TPSA) is 40.7 Å². The van der Waals surface area contributed by atoms with Crippen molar-refractivity contribution in [2.45, 2.75) is 6.18 Å². The highest BCUT2D eigenvalue weighted by Gasteiger charge is 2.30. The monoisotopic (exact) mass is 373 g/mol. The van der Waals surface area contributed by atoms with Crippen LogP contribution in [0.5, 0.6) is 0 Å². The minimum Gasteiger partial charge on any atom is -0.324 e. The van der Waals surface area contributed by atoms with Crippen LogP contribution in [0.4, 0.5) is 29.2 Å². The maximum Gasteiger partial charge on any atom is 0.416 e. The van der Waals surface area contributed by atoms with Crippen molar-refractivity contribution >= 4 is 38.6 Å². The lowest BCUT2D eigenvalue weighted by molar-refractivity contribution is -0.137. The molecule has 1 heterocycles. The number of anilines is 2. The number of aromatic nitrogens is 2. The average Bonchev–Trinajstić information content (AvgIpc) is 2.82. The van der Waals surface area contributed by atoms with E-state index in [-0.39, 0.29) is 17.2 Å². The van der Waals surface area contributed by atoms with Crippen LogP contribution < -0.4 is 5.32 Å². The predicted molar refractivity (Wildman–Crippen MR) is 78.5 cm³/mol. The number of hydrogen-bond acceptors (Lipinski definition) is 2. The van der Waals surface area contributed by atoms with Gasteiger partial charge in [0.05, 0.1) is 22.3 Å². The quantitative estimate of drug-likeness (QED) is 0.604. The first-order valence-corrected chi connectivity index (χ1v) is 6.91. The maximum atomic E-state index is 13.7. The van der Waals surface area contributed by atoms with Crippen molar-refractivity contribution in [3.05, 3.63) is 52.3 Å². The Balaban J connectivity index is 1.95. The minimum absolute atomic E-state index is 0.163. The third-order valence-electron chi connectivity index (χ3n) is 2.99. The third-order valence-corrected chi connectivity index (χ3v) is 3.49. The molecular formula is C14H8BrF4N3. The Morgan fingerprint density at radius 2 is 1.86 bits per heavy atom. The molecule has 0 amide bonds. The van der Waals surface area contributed by atoms with Gasteiger partial charge in [-0.1, -0.05) is 15.9 Å². The number of H-pyrrole nitrogens is 1. The van der Waals surface area contributed by atoms with Gasteiger partial charge in [0.15, 0.2) is 0 Å². The van der Waals surface area contributed by atoms with Crippen LogP contribution in [0.25, 0.3) is 11.0 Å². The van der Waals surface area contributed by atoms with Gasteiger partial charge in [0.1, 0.15) is 5.82 Å². The summed E-state index contributed by atoms with van der Waals surface area (Å²) in [5.74, 6) is -0.346. The van der Waals surface area contributed by atoms with E-state index < -0.39 is 17.6 Å². The van der Waals surface area contributed by atoms with Crippen molar-refractivity contribution in [1.82, 2.24) is 9.97 Å². The molecule has 0 unspecified atom stereocenters. The second kappa shape index (κ2) is 5.28. The minimum atomic E-state index is -4.43. The van der Waals surface area contributed by atoms with Gasteiger partial charge in [0.2, 0.25) is 5.95 Å². The average molecular weight is 374 g/mol. The van der Waals surface area contributed by atoms with Crippen LogP contribution in [0.2, 0.25) is 0 Å². The number of halogens is 5. The van der Waals surface area contributed by atoms with Crippen LogP contribution in [0.15, 0.2) is 40.9 Å². The summed E-state index contributed by atoms with van der Waals surface area (Å²) in [7, 11) is 0. The van der Waals surface area contributed by atoms with E-state index in [1.807, 2.05) is 0 Å². The molecule has 0 atom stereocenters. The number of rotatable bonds is 2. The summed E-state index contributed by atoms with van der Waals surface area (Å²) in [4.78, 5) is 6.78. The first kappa shape index (κ1) is 14.8. The zero-order chi connectivity index (χ0) is 15.9. The van der Waals surface area contributed by atoms with Crippen molar-refractivity contribution in [1.29, 1.82) is 0 Å². The number of imidazole rings is 1. The summed E-state index contributed by atoms with van der Waals surface area (Å²) in [5.41, 5.74) is -0.0359. The highest BCUT2D eigenvalue weighted by molar-refractivity contribution is 9.10. The van der Waals surface area contributed by atoms with Gasteiger partial charge < -0.3 is 10.3 Å². The van der Waals surface area contributed by atoms with Crippen LogP contribution in [0.1, 0.15) is 5.56 Å². The molecule has 0 spiro atoms. The molecule has 3 rings (SSSR count). The molecular weight excluding hydrogens is 366 g/mol. The normalized spacial score (nSPS) is 11.9. The molecule has 2 aromatic carbocycles. The first-order valence-electron chi connectivity index (χ1n) is 6.12. The molecule has 22 heavy (non-hydrogen) atoms. The third kappa shape index (κ3) is 2.92. The number of nitrogens with one attached hydrogen (secondary N) is 2. The highest BCUT2D eigenvalue weighted by Crippen LogP contribution is 2.31. The van der Waals surface area contributed by atoms with E-state index in [9.17, 15) is 17.6 Å². The Morgan fingerprint density at radius 3 is 2.55 bits per heavy atom. The fourth-order valence-electron chi connectivity index (χ4n) is 1.96. The van der Waals surface area contributed by atoms with Gasteiger partial charge in [-0.2, -0.15) is 13.2 Å². The van der Waals surface area contributed by atoms with Gasteiger partial charge in [-0.25, -0.2) is 9.37 Å².